The number of hydrogen-bond acceptors (Lipinski definition) is 4. The van der Waals surface area contributed by atoms with Crippen molar-refractivity contribution in [1.82, 2.24) is 10.6 Å². The van der Waals surface area contributed by atoms with Gasteiger partial charge in [0.2, 0.25) is 0 Å². The summed E-state index contributed by atoms with van der Waals surface area (Å²) in [6, 6.07) is 0.564. The van der Waals surface area contributed by atoms with Gasteiger partial charge in [0.1, 0.15) is 5.60 Å². The third-order valence-corrected chi connectivity index (χ3v) is 2.93. The highest BCUT2D eigenvalue weighted by Gasteiger charge is 2.18. The highest BCUT2D eigenvalue weighted by atomic mass is 16.6. The van der Waals surface area contributed by atoms with Gasteiger partial charge in [-0.2, -0.15) is 0 Å². The Kier molecular flexibility index (Phi) is 6.58. The molecule has 0 radical (unpaired) electrons. The fourth-order valence-corrected chi connectivity index (χ4v) is 1.99. The lowest BCUT2D eigenvalue weighted by molar-refractivity contribution is 0.0503. The van der Waals surface area contributed by atoms with Crippen LogP contribution in [0, 0.1) is 0 Å². The van der Waals surface area contributed by atoms with Crippen LogP contribution in [0.1, 0.15) is 47.0 Å². The summed E-state index contributed by atoms with van der Waals surface area (Å²) >= 11 is 0. The molecule has 0 spiro atoms. The van der Waals surface area contributed by atoms with Crippen LogP contribution in [-0.2, 0) is 9.47 Å². The largest absolute Gasteiger partial charge is 0.444 e. The molecule has 0 bridgehead atoms. The van der Waals surface area contributed by atoms with Gasteiger partial charge in [-0.1, -0.05) is 0 Å². The fourth-order valence-electron chi connectivity index (χ4n) is 1.99. The molecule has 0 saturated carbocycles. The highest BCUT2D eigenvalue weighted by Crippen LogP contribution is 2.08. The number of hydrogen-bond donors (Lipinski definition) is 2. The Balaban J connectivity index is 2.10. The summed E-state index contributed by atoms with van der Waals surface area (Å²) in [5.41, 5.74) is -0.443. The van der Waals surface area contributed by atoms with Gasteiger partial charge in [-0.05, 0) is 53.5 Å². The van der Waals surface area contributed by atoms with E-state index in [4.69, 9.17) is 9.47 Å². The van der Waals surface area contributed by atoms with E-state index in [0.29, 0.717) is 6.04 Å². The molecule has 112 valence electrons. The summed E-state index contributed by atoms with van der Waals surface area (Å²) in [5.74, 6) is 0. The minimum absolute atomic E-state index is 0.104. The van der Waals surface area contributed by atoms with Gasteiger partial charge in [0, 0.05) is 18.7 Å². The van der Waals surface area contributed by atoms with Crippen LogP contribution >= 0.6 is 0 Å². The summed E-state index contributed by atoms with van der Waals surface area (Å²) < 4.78 is 10.6. The molecule has 0 aliphatic carbocycles. The molecule has 0 aromatic rings. The van der Waals surface area contributed by atoms with Crippen molar-refractivity contribution in [3.05, 3.63) is 0 Å². The predicted octanol–water partition coefficient (Wildman–Crippen LogP) is 2.06. The maximum atomic E-state index is 11.6. The van der Waals surface area contributed by atoms with Crippen LogP contribution in [-0.4, -0.2) is 43.5 Å². The van der Waals surface area contributed by atoms with Crippen LogP contribution in [0.15, 0.2) is 0 Å². The third-order valence-electron chi connectivity index (χ3n) is 2.93. The normalized spacial score (nSPS) is 21.8. The van der Waals surface area contributed by atoms with E-state index in [2.05, 4.69) is 10.6 Å². The van der Waals surface area contributed by atoms with Crippen molar-refractivity contribution in [2.75, 3.05) is 19.8 Å². The fraction of sp³-hybridized carbons (Fsp3) is 0.929. The Bertz CT molecular complexity index is 270. The molecule has 1 fully saturated rings. The maximum Gasteiger partial charge on any atom is 0.407 e. The topological polar surface area (TPSA) is 59.6 Å². The lowest BCUT2D eigenvalue weighted by atomic mass is 10.1. The first-order chi connectivity index (χ1) is 8.87. The van der Waals surface area contributed by atoms with Crippen LogP contribution in [0.4, 0.5) is 4.79 Å². The van der Waals surface area contributed by atoms with E-state index in [0.717, 1.165) is 32.6 Å². The number of nitrogens with one attached hydrogen (secondary N) is 2. The van der Waals surface area contributed by atoms with E-state index >= 15 is 0 Å². The molecular formula is C14H28N2O3. The first-order valence-electron chi connectivity index (χ1n) is 7.17. The summed E-state index contributed by atoms with van der Waals surface area (Å²) in [7, 11) is 0. The number of carbonyl (C=O) groups is 1. The Morgan fingerprint density at radius 3 is 2.79 bits per heavy atom. The van der Waals surface area contributed by atoms with Crippen molar-refractivity contribution in [2.45, 2.75) is 64.6 Å². The molecular weight excluding hydrogens is 244 g/mol. The van der Waals surface area contributed by atoms with Gasteiger partial charge < -0.3 is 20.1 Å². The summed E-state index contributed by atoms with van der Waals surface area (Å²) in [6.07, 6.45) is 2.84. The number of rotatable bonds is 5. The first-order valence-corrected chi connectivity index (χ1v) is 7.17. The van der Waals surface area contributed by atoms with E-state index in [1.54, 1.807) is 0 Å². The molecule has 19 heavy (non-hydrogen) atoms. The maximum absolute atomic E-state index is 11.6. The second kappa shape index (κ2) is 7.70. The number of carbonyl (C=O) groups excluding carboxylic acids is 1. The van der Waals surface area contributed by atoms with Crippen molar-refractivity contribution in [2.24, 2.45) is 0 Å². The van der Waals surface area contributed by atoms with Crippen molar-refractivity contribution >= 4 is 6.09 Å². The van der Waals surface area contributed by atoms with E-state index in [9.17, 15) is 4.79 Å². The molecule has 5 nitrogen and oxygen atoms in total. The number of amides is 1. The Labute approximate surface area is 116 Å². The van der Waals surface area contributed by atoms with Crippen LogP contribution in [0.5, 0.6) is 0 Å². The van der Waals surface area contributed by atoms with Crippen molar-refractivity contribution < 1.29 is 14.3 Å². The summed E-state index contributed by atoms with van der Waals surface area (Å²) in [5, 5.41) is 6.30. The smallest absolute Gasteiger partial charge is 0.407 e. The Morgan fingerprint density at radius 2 is 2.21 bits per heavy atom. The van der Waals surface area contributed by atoms with Crippen LogP contribution in [0.25, 0.3) is 0 Å². The summed E-state index contributed by atoms with van der Waals surface area (Å²) in [4.78, 5) is 11.6. The Morgan fingerprint density at radius 1 is 1.47 bits per heavy atom. The molecule has 1 aliphatic heterocycles. The van der Waals surface area contributed by atoms with Crippen LogP contribution in [0.3, 0.4) is 0 Å². The average Bonchev–Trinajstić information content (AvgIpc) is 2.27. The molecule has 2 unspecified atom stereocenters. The lowest BCUT2D eigenvalue weighted by Crippen LogP contribution is -2.41. The molecule has 2 N–H and O–H groups in total. The molecule has 0 aromatic carbocycles. The van der Waals surface area contributed by atoms with E-state index in [-0.39, 0.29) is 12.1 Å². The van der Waals surface area contributed by atoms with Gasteiger partial charge in [-0.25, -0.2) is 4.79 Å². The molecule has 2 atom stereocenters. The molecule has 0 aromatic heterocycles. The zero-order valence-electron chi connectivity index (χ0n) is 12.6. The predicted molar refractivity (Wildman–Crippen MR) is 75.3 cm³/mol. The quantitative estimate of drug-likeness (QED) is 0.804. The molecule has 1 rings (SSSR count). The second-order valence-corrected chi connectivity index (χ2v) is 6.20. The molecule has 1 amide bonds. The van der Waals surface area contributed by atoms with E-state index in [1.165, 1.54) is 6.42 Å². The number of alkyl carbamates (subject to hydrolysis) is 1. The van der Waals surface area contributed by atoms with Crippen molar-refractivity contribution in [3.63, 3.8) is 0 Å². The van der Waals surface area contributed by atoms with E-state index in [1.807, 2.05) is 27.7 Å². The number of ether oxygens (including phenoxy) is 2. The SMILES string of the molecule is CC(CCNC1CCCOC1)NC(=O)OC(C)(C)C. The molecule has 1 saturated heterocycles. The van der Waals surface area contributed by atoms with Gasteiger partial charge in [0.15, 0.2) is 0 Å². The summed E-state index contributed by atoms with van der Waals surface area (Å²) in [6.45, 7) is 10.1. The van der Waals surface area contributed by atoms with E-state index < -0.39 is 5.60 Å². The zero-order valence-corrected chi connectivity index (χ0v) is 12.6. The van der Waals surface area contributed by atoms with Crippen LogP contribution in [0.2, 0.25) is 0 Å². The minimum Gasteiger partial charge on any atom is -0.444 e. The zero-order chi connectivity index (χ0) is 14.3. The first kappa shape index (κ1) is 16.2. The van der Waals surface area contributed by atoms with Crippen molar-refractivity contribution in [1.29, 1.82) is 0 Å². The van der Waals surface area contributed by atoms with Crippen molar-refractivity contribution in [3.8, 4) is 0 Å². The average molecular weight is 272 g/mol. The van der Waals surface area contributed by atoms with Crippen LogP contribution < -0.4 is 10.6 Å². The van der Waals surface area contributed by atoms with Gasteiger partial charge in [-0.15, -0.1) is 0 Å². The minimum atomic E-state index is -0.443. The molecule has 1 aliphatic rings. The Hall–Kier alpha value is -0.810. The van der Waals surface area contributed by atoms with Gasteiger partial charge >= 0.3 is 6.09 Å². The highest BCUT2D eigenvalue weighted by molar-refractivity contribution is 5.67. The second-order valence-electron chi connectivity index (χ2n) is 6.20. The van der Waals surface area contributed by atoms with Gasteiger partial charge in [-0.3, -0.25) is 0 Å². The van der Waals surface area contributed by atoms with Gasteiger partial charge in [0.25, 0.3) is 0 Å². The lowest BCUT2D eigenvalue weighted by Gasteiger charge is -2.25. The molecule has 1 heterocycles. The standard InChI is InChI=1S/C14H28N2O3/c1-11(16-13(17)19-14(2,3)4)7-8-15-12-6-5-9-18-10-12/h11-12,15H,5-10H2,1-4H3,(H,16,17). The van der Waals surface area contributed by atoms with Gasteiger partial charge in [0.05, 0.1) is 6.61 Å². The monoisotopic (exact) mass is 272 g/mol. The molecule has 5 heteroatoms. The third kappa shape index (κ3) is 8.06.